The quantitative estimate of drug-likeness (QED) is 0.485. The molecule has 7 nitrogen and oxygen atoms in total. The summed E-state index contributed by atoms with van der Waals surface area (Å²) in [7, 11) is 0. The first kappa shape index (κ1) is 17.7. The van der Waals surface area contributed by atoms with Crippen LogP contribution < -0.4 is 20.0 Å². The van der Waals surface area contributed by atoms with Gasteiger partial charge < -0.3 is 19.7 Å². The number of aromatic hydroxyl groups is 2. The van der Waals surface area contributed by atoms with Crippen LogP contribution in [-0.4, -0.2) is 27.5 Å². The first-order valence-electron chi connectivity index (χ1n) is 8.50. The lowest BCUT2D eigenvalue weighted by Gasteiger charge is -2.06. The molecule has 2 aliphatic heterocycles. The second kappa shape index (κ2) is 6.57. The van der Waals surface area contributed by atoms with Crippen LogP contribution >= 0.6 is 23.6 Å². The van der Waals surface area contributed by atoms with Crippen LogP contribution in [0.25, 0.3) is 17.8 Å². The number of amides is 1. The van der Waals surface area contributed by atoms with Gasteiger partial charge in [-0.3, -0.25) is 9.36 Å². The van der Waals surface area contributed by atoms with Crippen LogP contribution in [0.5, 0.6) is 23.1 Å². The summed E-state index contributed by atoms with van der Waals surface area (Å²) < 4.78 is 12.6. The Morgan fingerprint density at radius 2 is 1.86 bits per heavy atom. The zero-order valence-electron chi connectivity index (χ0n) is 14.7. The normalized spacial score (nSPS) is 15.7. The van der Waals surface area contributed by atoms with Crippen LogP contribution in [-0.2, 0) is 4.79 Å². The maximum atomic E-state index is 12.5. The SMILES string of the molecule is O=C1N=c2cc3c(cc2=CC1=Cc1sc(=S)n(-c2ccc(O)cc2)c1O)OCO3. The van der Waals surface area contributed by atoms with Crippen molar-refractivity contribution in [3.63, 3.8) is 0 Å². The average Bonchev–Trinajstić information content (AvgIpc) is 3.25. The van der Waals surface area contributed by atoms with E-state index < -0.39 is 5.91 Å². The van der Waals surface area contributed by atoms with Crippen LogP contribution in [0.1, 0.15) is 4.88 Å². The van der Waals surface area contributed by atoms with E-state index in [1.54, 1.807) is 36.4 Å². The lowest BCUT2D eigenvalue weighted by atomic mass is 10.1. The molecule has 3 aromatic rings. The molecule has 5 rings (SSSR count). The number of nitrogens with zero attached hydrogens (tertiary/aromatic N) is 2. The molecule has 0 radical (unpaired) electrons. The summed E-state index contributed by atoms with van der Waals surface area (Å²) in [5.41, 5.74) is 0.925. The van der Waals surface area contributed by atoms with Gasteiger partial charge in [-0.25, -0.2) is 4.99 Å². The number of thiazole rings is 1. The van der Waals surface area contributed by atoms with Gasteiger partial charge in [0.05, 0.1) is 15.9 Å². The number of phenols is 1. The number of benzene rings is 2. The van der Waals surface area contributed by atoms with Gasteiger partial charge in [0.15, 0.2) is 15.5 Å². The van der Waals surface area contributed by atoms with Crippen molar-refractivity contribution in [1.82, 2.24) is 4.57 Å². The van der Waals surface area contributed by atoms with Crippen molar-refractivity contribution in [2.75, 3.05) is 6.79 Å². The van der Waals surface area contributed by atoms with Crippen molar-refractivity contribution >= 4 is 41.6 Å². The smallest absolute Gasteiger partial charge is 0.277 e. The maximum absolute atomic E-state index is 12.5. The van der Waals surface area contributed by atoms with Gasteiger partial charge in [0.2, 0.25) is 12.7 Å². The molecular formula is C20H12N2O5S2. The molecule has 29 heavy (non-hydrogen) atoms. The highest BCUT2D eigenvalue weighted by atomic mass is 32.1. The highest BCUT2D eigenvalue weighted by molar-refractivity contribution is 7.73. The molecule has 0 saturated carbocycles. The molecule has 0 atom stereocenters. The molecule has 0 saturated heterocycles. The van der Waals surface area contributed by atoms with E-state index in [0.29, 0.717) is 36.9 Å². The highest BCUT2D eigenvalue weighted by Gasteiger charge is 2.19. The lowest BCUT2D eigenvalue weighted by molar-refractivity contribution is -0.114. The lowest BCUT2D eigenvalue weighted by Crippen LogP contribution is -2.30. The molecule has 2 aliphatic rings. The van der Waals surface area contributed by atoms with E-state index in [2.05, 4.69) is 4.99 Å². The van der Waals surface area contributed by atoms with E-state index in [1.165, 1.54) is 28.0 Å². The minimum absolute atomic E-state index is 0.0872. The van der Waals surface area contributed by atoms with Gasteiger partial charge >= 0.3 is 0 Å². The summed E-state index contributed by atoms with van der Waals surface area (Å²) in [5, 5.41) is 21.4. The van der Waals surface area contributed by atoms with E-state index in [9.17, 15) is 15.0 Å². The minimum atomic E-state index is -0.425. The largest absolute Gasteiger partial charge is 0.508 e. The molecular weight excluding hydrogens is 412 g/mol. The Kier molecular flexibility index (Phi) is 4.00. The summed E-state index contributed by atoms with van der Waals surface area (Å²) in [5.74, 6) is 0.756. The van der Waals surface area contributed by atoms with Crippen LogP contribution in [0.15, 0.2) is 47.0 Å². The zero-order chi connectivity index (χ0) is 20.1. The Morgan fingerprint density at radius 3 is 2.62 bits per heavy atom. The fourth-order valence-electron chi connectivity index (χ4n) is 3.11. The van der Waals surface area contributed by atoms with Crippen LogP contribution in [0.3, 0.4) is 0 Å². The maximum Gasteiger partial charge on any atom is 0.277 e. The third kappa shape index (κ3) is 3.00. The molecule has 0 fully saturated rings. The van der Waals surface area contributed by atoms with Gasteiger partial charge in [-0.15, -0.1) is 11.3 Å². The summed E-state index contributed by atoms with van der Waals surface area (Å²) in [6.07, 6.45) is 3.26. The van der Waals surface area contributed by atoms with E-state index in [1.807, 2.05) is 0 Å². The molecule has 2 N–H and O–H groups in total. The van der Waals surface area contributed by atoms with Gasteiger partial charge in [-0.2, -0.15) is 0 Å². The van der Waals surface area contributed by atoms with Crippen molar-refractivity contribution in [3.05, 3.63) is 61.4 Å². The van der Waals surface area contributed by atoms with E-state index in [4.69, 9.17) is 21.7 Å². The molecule has 1 amide bonds. The number of phenolic OH excluding ortho intramolecular Hbond substituents is 1. The third-order valence-corrected chi connectivity index (χ3v) is 5.82. The number of rotatable bonds is 2. The van der Waals surface area contributed by atoms with Gasteiger partial charge in [-0.1, -0.05) is 0 Å². The fraction of sp³-hybridized carbons (Fsp3) is 0.0500. The second-order valence-corrected chi connectivity index (χ2v) is 8.01. The average molecular weight is 424 g/mol. The van der Waals surface area contributed by atoms with Crippen LogP contribution in [0.4, 0.5) is 0 Å². The molecule has 2 aromatic carbocycles. The Balaban J connectivity index is 1.61. The van der Waals surface area contributed by atoms with Crippen molar-refractivity contribution in [2.45, 2.75) is 0 Å². The number of ether oxygens (including phenoxy) is 2. The second-order valence-electron chi connectivity index (χ2n) is 6.33. The Labute approximate surface area is 172 Å². The predicted molar refractivity (Wildman–Crippen MR) is 109 cm³/mol. The van der Waals surface area contributed by atoms with E-state index in [-0.39, 0.29) is 18.4 Å². The van der Waals surface area contributed by atoms with E-state index >= 15 is 0 Å². The zero-order valence-corrected chi connectivity index (χ0v) is 16.3. The minimum Gasteiger partial charge on any atom is -0.508 e. The number of carbonyl (C=O) groups is 1. The molecule has 0 bridgehead atoms. The summed E-state index contributed by atoms with van der Waals surface area (Å²) >= 11 is 6.54. The molecule has 144 valence electrons. The van der Waals surface area contributed by atoms with Crippen LogP contribution in [0.2, 0.25) is 0 Å². The van der Waals surface area contributed by atoms with Gasteiger partial charge in [0, 0.05) is 16.9 Å². The highest BCUT2D eigenvalue weighted by Crippen LogP contribution is 2.33. The first-order chi connectivity index (χ1) is 14.0. The van der Waals surface area contributed by atoms with Crippen LogP contribution in [0, 0.1) is 3.95 Å². The summed E-state index contributed by atoms with van der Waals surface area (Å²) in [6.45, 7) is 0.136. The number of aromatic nitrogens is 1. The van der Waals surface area contributed by atoms with Crippen molar-refractivity contribution in [1.29, 1.82) is 0 Å². The Bertz CT molecular complexity index is 1380. The Hall–Kier alpha value is -3.43. The van der Waals surface area contributed by atoms with Crippen molar-refractivity contribution in [2.24, 2.45) is 4.99 Å². The third-order valence-electron chi connectivity index (χ3n) is 4.51. The first-order valence-corrected chi connectivity index (χ1v) is 9.72. The number of hydrogen-bond donors (Lipinski definition) is 2. The molecule has 0 aliphatic carbocycles. The standard InChI is InChI=1S/C20H12N2O5S2/c23-13-3-1-12(2-4-13)22-19(25)17(29-20(22)28)7-11-5-10-6-15-16(27-9-26-15)8-14(10)21-18(11)24/h1-8,23,25H,9H2. The monoisotopic (exact) mass is 424 g/mol. The molecule has 0 spiro atoms. The summed E-state index contributed by atoms with van der Waals surface area (Å²) in [4.78, 5) is 17.0. The summed E-state index contributed by atoms with van der Waals surface area (Å²) in [6, 6.07) is 9.73. The topological polar surface area (TPSA) is 93.3 Å². The predicted octanol–water partition coefficient (Wildman–Crippen LogP) is 2.43. The number of carbonyl (C=O) groups excluding carboxylic acids is 1. The van der Waals surface area contributed by atoms with Crippen molar-refractivity contribution < 1.29 is 24.5 Å². The van der Waals surface area contributed by atoms with E-state index in [0.717, 1.165) is 5.22 Å². The number of fused-ring (bicyclic) bond motifs is 2. The van der Waals surface area contributed by atoms with Gasteiger partial charge in [0.1, 0.15) is 5.75 Å². The van der Waals surface area contributed by atoms with Crippen molar-refractivity contribution in [3.8, 4) is 28.8 Å². The van der Waals surface area contributed by atoms with Gasteiger partial charge in [0.25, 0.3) is 5.91 Å². The molecule has 0 unspecified atom stereocenters. The number of hydrogen-bond acceptors (Lipinski definition) is 7. The molecule has 9 heteroatoms. The Morgan fingerprint density at radius 1 is 1.14 bits per heavy atom. The fourth-order valence-corrected chi connectivity index (χ4v) is 4.41. The van der Waals surface area contributed by atoms with Gasteiger partial charge in [-0.05, 0) is 54.7 Å². The molecule has 3 heterocycles. The molecule has 1 aromatic heterocycles.